The average molecular weight is 165 g/mol. The Labute approximate surface area is 74.5 Å². The molecular weight excluding hydrogens is 148 g/mol. The Kier molecular flexibility index (Phi) is 3.23. The Balaban J connectivity index is 2.54. The largest absolute Gasteiger partial charge is 0.250 e. The van der Waals surface area contributed by atoms with Crippen LogP contribution in [-0.2, 0) is 0 Å². The molecule has 1 unspecified atom stereocenters. The molecule has 2 heteroatoms. The maximum atomic E-state index is 4.13. The van der Waals surface area contributed by atoms with Crippen molar-refractivity contribution in [2.24, 2.45) is 4.99 Å². The fourth-order valence-electron chi connectivity index (χ4n) is 1.41. The number of quaternary nitrogens is 1. The second kappa shape index (κ2) is 4.21. The molecule has 0 aromatic rings. The molecule has 1 atom stereocenters. The van der Waals surface area contributed by atoms with E-state index in [-0.39, 0.29) is 0 Å². The van der Waals surface area contributed by atoms with Gasteiger partial charge >= 0.3 is 0 Å². The van der Waals surface area contributed by atoms with E-state index in [9.17, 15) is 0 Å². The lowest BCUT2D eigenvalue weighted by atomic mass is 10.3. The van der Waals surface area contributed by atoms with Crippen molar-refractivity contribution in [2.45, 2.75) is 19.8 Å². The van der Waals surface area contributed by atoms with E-state index in [0.29, 0.717) is 0 Å². The van der Waals surface area contributed by atoms with Crippen LogP contribution in [0.15, 0.2) is 30.0 Å². The lowest BCUT2D eigenvalue weighted by Crippen LogP contribution is -2.40. The first-order valence-corrected chi connectivity index (χ1v) is 4.52. The smallest absolute Gasteiger partial charge is 0.195 e. The molecule has 1 heterocycles. The van der Waals surface area contributed by atoms with Gasteiger partial charge < -0.3 is 0 Å². The van der Waals surface area contributed by atoms with Gasteiger partial charge in [0.15, 0.2) is 6.34 Å². The predicted molar refractivity (Wildman–Crippen MR) is 52.7 cm³/mol. The summed E-state index contributed by atoms with van der Waals surface area (Å²) in [6, 6.07) is 0. The van der Waals surface area contributed by atoms with Crippen LogP contribution in [0, 0.1) is 0 Å². The zero-order valence-corrected chi connectivity index (χ0v) is 7.74. The number of rotatable bonds is 5. The van der Waals surface area contributed by atoms with Crippen LogP contribution >= 0.6 is 0 Å². The summed E-state index contributed by atoms with van der Waals surface area (Å²) in [6.07, 6.45) is 10.4. The van der Waals surface area contributed by atoms with E-state index < -0.39 is 0 Å². The molecule has 0 spiro atoms. The third kappa shape index (κ3) is 2.05. The summed E-state index contributed by atoms with van der Waals surface area (Å²) in [7, 11) is 0. The van der Waals surface area contributed by atoms with Crippen molar-refractivity contribution in [3.63, 3.8) is 0 Å². The Hall–Kier alpha value is -0.890. The highest BCUT2D eigenvalue weighted by molar-refractivity contribution is 5.51. The van der Waals surface area contributed by atoms with E-state index >= 15 is 0 Å². The maximum Gasteiger partial charge on any atom is 0.195 e. The van der Waals surface area contributed by atoms with Gasteiger partial charge in [-0.2, -0.15) is 0 Å². The van der Waals surface area contributed by atoms with Gasteiger partial charge in [0.05, 0.1) is 12.7 Å². The first-order chi connectivity index (χ1) is 5.83. The zero-order valence-electron chi connectivity index (χ0n) is 7.74. The maximum absolute atomic E-state index is 4.13. The van der Waals surface area contributed by atoms with Crippen molar-refractivity contribution in [3.8, 4) is 0 Å². The molecular formula is C10H17N2+. The molecule has 66 valence electrons. The van der Waals surface area contributed by atoms with Crippen molar-refractivity contribution < 1.29 is 4.48 Å². The molecule has 12 heavy (non-hydrogen) atoms. The van der Waals surface area contributed by atoms with Gasteiger partial charge in [0, 0.05) is 0 Å². The van der Waals surface area contributed by atoms with Crippen LogP contribution in [0.25, 0.3) is 0 Å². The van der Waals surface area contributed by atoms with Gasteiger partial charge in [0.25, 0.3) is 0 Å². The molecule has 1 aliphatic rings. The molecule has 0 aromatic heterocycles. The first kappa shape index (κ1) is 9.20. The lowest BCUT2D eigenvalue weighted by molar-refractivity contribution is -0.772. The van der Waals surface area contributed by atoms with Crippen LogP contribution in [0.3, 0.4) is 0 Å². The van der Waals surface area contributed by atoms with Gasteiger partial charge in [-0.25, -0.2) is 4.99 Å². The molecule has 0 fully saturated rings. The summed E-state index contributed by atoms with van der Waals surface area (Å²) >= 11 is 0. The monoisotopic (exact) mass is 165 g/mol. The second-order valence-corrected chi connectivity index (χ2v) is 3.21. The van der Waals surface area contributed by atoms with E-state index in [0.717, 1.165) is 17.6 Å². The molecule has 0 saturated carbocycles. The Morgan fingerprint density at radius 1 is 1.58 bits per heavy atom. The number of unbranched alkanes of at least 4 members (excludes halogenated alkanes) is 1. The first-order valence-electron chi connectivity index (χ1n) is 4.52. The van der Waals surface area contributed by atoms with Gasteiger partial charge in [-0.3, -0.25) is 4.48 Å². The number of aliphatic imine (C=N–C) groups is 1. The second-order valence-electron chi connectivity index (χ2n) is 3.21. The molecule has 0 amide bonds. The number of hydrogen-bond acceptors (Lipinski definition) is 1. The van der Waals surface area contributed by atoms with E-state index in [1.165, 1.54) is 12.8 Å². The van der Waals surface area contributed by atoms with Crippen molar-refractivity contribution in [3.05, 3.63) is 25.1 Å². The summed E-state index contributed by atoms with van der Waals surface area (Å²) in [5, 5.41) is 0. The van der Waals surface area contributed by atoms with Crippen LogP contribution in [0.4, 0.5) is 0 Å². The predicted octanol–water partition coefficient (Wildman–Crippen LogP) is 2.30. The average Bonchev–Trinajstić information content (AvgIpc) is 2.51. The third-order valence-corrected chi connectivity index (χ3v) is 2.14. The molecule has 0 aliphatic carbocycles. The molecule has 0 radical (unpaired) electrons. The molecule has 0 bridgehead atoms. The third-order valence-electron chi connectivity index (χ3n) is 2.14. The summed E-state index contributed by atoms with van der Waals surface area (Å²) < 4.78 is 0.858. The van der Waals surface area contributed by atoms with Crippen molar-refractivity contribution in [2.75, 3.05) is 13.1 Å². The summed E-state index contributed by atoms with van der Waals surface area (Å²) in [5.41, 5.74) is 0. The van der Waals surface area contributed by atoms with Crippen LogP contribution in [0.2, 0.25) is 0 Å². The highest BCUT2D eigenvalue weighted by Crippen LogP contribution is 2.12. The van der Waals surface area contributed by atoms with E-state index in [1.807, 2.05) is 18.6 Å². The van der Waals surface area contributed by atoms with Gasteiger partial charge in [0.2, 0.25) is 0 Å². The van der Waals surface area contributed by atoms with Crippen molar-refractivity contribution in [1.82, 2.24) is 0 Å². The summed E-state index contributed by atoms with van der Waals surface area (Å²) in [4.78, 5) is 4.13. The molecule has 0 aromatic carbocycles. The topological polar surface area (TPSA) is 12.4 Å². The lowest BCUT2D eigenvalue weighted by Gasteiger charge is -2.25. The number of hydrogen-bond donors (Lipinski definition) is 0. The Morgan fingerprint density at radius 2 is 2.42 bits per heavy atom. The van der Waals surface area contributed by atoms with Crippen LogP contribution in [-0.4, -0.2) is 23.9 Å². The Morgan fingerprint density at radius 3 is 2.92 bits per heavy atom. The standard InChI is InChI=1S/C10H17N2/c1-3-5-8-12(7-4-2)9-6-11-10-12/h4,6,9-10H,2-3,5,7-8H2,1H3/q+1. The highest BCUT2D eigenvalue weighted by Gasteiger charge is 2.22. The van der Waals surface area contributed by atoms with Crippen LogP contribution in [0.5, 0.6) is 0 Å². The number of nitrogens with zero attached hydrogens (tertiary/aromatic N) is 2. The van der Waals surface area contributed by atoms with Crippen LogP contribution in [0.1, 0.15) is 19.8 Å². The zero-order chi connectivity index (χ0) is 8.86. The minimum Gasteiger partial charge on any atom is -0.250 e. The summed E-state index contributed by atoms with van der Waals surface area (Å²) in [5.74, 6) is 0. The molecule has 1 aliphatic heterocycles. The fraction of sp³-hybridized carbons (Fsp3) is 0.500. The highest BCUT2D eigenvalue weighted by atomic mass is 15.4. The fourth-order valence-corrected chi connectivity index (χ4v) is 1.41. The van der Waals surface area contributed by atoms with Gasteiger partial charge in [-0.1, -0.05) is 19.9 Å². The van der Waals surface area contributed by atoms with Crippen molar-refractivity contribution in [1.29, 1.82) is 0 Å². The molecule has 0 saturated heterocycles. The molecule has 0 N–H and O–H groups in total. The quantitative estimate of drug-likeness (QED) is 0.438. The minimum atomic E-state index is 0.858. The minimum absolute atomic E-state index is 0.858. The van der Waals surface area contributed by atoms with E-state index in [2.05, 4.69) is 24.7 Å². The van der Waals surface area contributed by atoms with E-state index in [1.54, 1.807) is 0 Å². The molecule has 1 rings (SSSR count). The molecule has 2 nitrogen and oxygen atoms in total. The Bertz CT molecular complexity index is 192. The SMILES string of the molecule is C=CC[N+]1(CCCC)C=CN=C1. The van der Waals surface area contributed by atoms with Crippen LogP contribution < -0.4 is 0 Å². The van der Waals surface area contributed by atoms with E-state index in [4.69, 9.17) is 0 Å². The van der Waals surface area contributed by atoms with Crippen molar-refractivity contribution >= 4 is 6.34 Å². The van der Waals surface area contributed by atoms with Gasteiger partial charge in [0.1, 0.15) is 12.7 Å². The summed E-state index contributed by atoms with van der Waals surface area (Å²) in [6.45, 7) is 8.08. The van der Waals surface area contributed by atoms with Gasteiger partial charge in [-0.15, -0.1) is 0 Å². The normalized spacial score (nSPS) is 26.4. The van der Waals surface area contributed by atoms with Gasteiger partial charge in [-0.05, 0) is 12.5 Å².